The molecule has 0 unspecified atom stereocenters. The molecule has 1 heterocycles. The van der Waals surface area contributed by atoms with Crippen LogP contribution >= 0.6 is 0 Å². The summed E-state index contributed by atoms with van der Waals surface area (Å²) in [6, 6.07) is 1.03. The number of amides is 1. The highest BCUT2D eigenvalue weighted by Gasteiger charge is 2.24. The first kappa shape index (κ1) is 8.93. The van der Waals surface area contributed by atoms with Gasteiger partial charge in [0.25, 0.3) is 5.91 Å². The predicted octanol–water partition coefficient (Wildman–Crippen LogP) is 1.60. The molecule has 0 bridgehead atoms. The zero-order valence-corrected chi connectivity index (χ0v) is 7.36. The Bertz CT molecular complexity index is 418. The first-order valence-electron chi connectivity index (χ1n) is 4.01. The number of benzene rings is 1. The molecule has 3 nitrogen and oxygen atoms in total. The summed E-state index contributed by atoms with van der Waals surface area (Å²) in [5, 5.41) is 2.23. The van der Waals surface area contributed by atoms with E-state index in [0.717, 1.165) is 6.07 Å². The summed E-state index contributed by atoms with van der Waals surface area (Å²) >= 11 is 0. The van der Waals surface area contributed by atoms with E-state index in [1.807, 2.05) is 0 Å². The number of rotatable bonds is 0. The van der Waals surface area contributed by atoms with E-state index in [4.69, 9.17) is 4.74 Å². The SMILES string of the molecule is Cc1cc(F)c(F)c2c1OCC(=O)N2. The quantitative estimate of drug-likeness (QED) is 0.689. The van der Waals surface area contributed by atoms with Crippen molar-refractivity contribution in [1.29, 1.82) is 0 Å². The molecule has 14 heavy (non-hydrogen) atoms. The Morgan fingerprint density at radius 1 is 1.50 bits per heavy atom. The van der Waals surface area contributed by atoms with Gasteiger partial charge < -0.3 is 10.1 Å². The molecular weight excluding hydrogens is 192 g/mol. The van der Waals surface area contributed by atoms with Gasteiger partial charge in [0.1, 0.15) is 11.4 Å². The molecular formula is C9H7F2NO2. The largest absolute Gasteiger partial charge is 0.481 e. The van der Waals surface area contributed by atoms with Gasteiger partial charge in [0.05, 0.1) is 0 Å². The van der Waals surface area contributed by atoms with E-state index in [1.165, 1.54) is 0 Å². The van der Waals surface area contributed by atoms with Crippen LogP contribution in [0.3, 0.4) is 0 Å². The number of anilines is 1. The summed E-state index contributed by atoms with van der Waals surface area (Å²) in [4.78, 5) is 10.9. The maximum Gasteiger partial charge on any atom is 0.262 e. The fourth-order valence-corrected chi connectivity index (χ4v) is 1.35. The first-order chi connectivity index (χ1) is 6.59. The number of halogens is 2. The predicted molar refractivity (Wildman–Crippen MR) is 45.2 cm³/mol. The van der Waals surface area contributed by atoms with Gasteiger partial charge in [-0.3, -0.25) is 4.79 Å². The lowest BCUT2D eigenvalue weighted by molar-refractivity contribution is -0.118. The summed E-state index contributed by atoms with van der Waals surface area (Å²) in [7, 11) is 0. The first-order valence-corrected chi connectivity index (χ1v) is 4.01. The summed E-state index contributed by atoms with van der Waals surface area (Å²) in [5.74, 6) is -2.37. The van der Waals surface area contributed by atoms with E-state index in [-0.39, 0.29) is 18.0 Å². The smallest absolute Gasteiger partial charge is 0.262 e. The maximum absolute atomic E-state index is 13.2. The van der Waals surface area contributed by atoms with Crippen LogP contribution in [-0.4, -0.2) is 12.5 Å². The number of fused-ring (bicyclic) bond motifs is 1. The van der Waals surface area contributed by atoms with Crippen molar-refractivity contribution in [3.8, 4) is 5.75 Å². The third kappa shape index (κ3) is 1.21. The van der Waals surface area contributed by atoms with E-state index in [0.29, 0.717) is 5.56 Å². The van der Waals surface area contributed by atoms with Gasteiger partial charge in [0.15, 0.2) is 18.2 Å². The van der Waals surface area contributed by atoms with Crippen molar-refractivity contribution in [1.82, 2.24) is 0 Å². The van der Waals surface area contributed by atoms with Crippen molar-refractivity contribution in [2.24, 2.45) is 0 Å². The highest BCUT2D eigenvalue weighted by atomic mass is 19.2. The number of ether oxygens (including phenoxy) is 1. The molecule has 0 saturated heterocycles. The van der Waals surface area contributed by atoms with Crippen molar-refractivity contribution < 1.29 is 18.3 Å². The third-order valence-electron chi connectivity index (χ3n) is 1.97. The molecule has 0 spiro atoms. The lowest BCUT2D eigenvalue weighted by Crippen LogP contribution is -2.27. The number of carbonyl (C=O) groups excluding carboxylic acids is 1. The molecule has 1 aliphatic heterocycles. The van der Waals surface area contributed by atoms with Crippen molar-refractivity contribution in [3.63, 3.8) is 0 Å². The summed E-state index contributed by atoms with van der Waals surface area (Å²) in [6.45, 7) is 1.41. The second-order valence-electron chi connectivity index (χ2n) is 3.03. The van der Waals surface area contributed by atoms with E-state index < -0.39 is 17.5 Å². The van der Waals surface area contributed by atoms with E-state index >= 15 is 0 Å². The molecule has 0 aliphatic carbocycles. The second kappa shape index (κ2) is 2.94. The van der Waals surface area contributed by atoms with Gasteiger partial charge in [-0.1, -0.05) is 0 Å². The standard InChI is InChI=1S/C9H7F2NO2/c1-4-2-5(10)7(11)8-9(4)14-3-6(13)12-8/h2H,3H2,1H3,(H,12,13). The van der Waals surface area contributed by atoms with Gasteiger partial charge in [-0.15, -0.1) is 0 Å². The van der Waals surface area contributed by atoms with Crippen LogP contribution in [0.4, 0.5) is 14.5 Å². The van der Waals surface area contributed by atoms with Crippen molar-refractivity contribution in [3.05, 3.63) is 23.3 Å². The van der Waals surface area contributed by atoms with Crippen LogP contribution in [0.1, 0.15) is 5.56 Å². The Labute approximate surface area is 78.7 Å². The average molecular weight is 199 g/mol. The molecule has 0 radical (unpaired) electrons. The minimum absolute atomic E-state index is 0.168. The molecule has 1 aliphatic rings. The normalized spacial score (nSPS) is 14.4. The molecule has 5 heteroatoms. The molecule has 74 valence electrons. The molecule has 0 saturated carbocycles. The monoisotopic (exact) mass is 199 g/mol. The van der Waals surface area contributed by atoms with Gasteiger partial charge in [-0.25, -0.2) is 8.78 Å². The Kier molecular flexibility index (Phi) is 1.87. The zero-order chi connectivity index (χ0) is 10.3. The molecule has 1 amide bonds. The Balaban J connectivity index is 2.63. The number of hydrogen-bond donors (Lipinski definition) is 1. The van der Waals surface area contributed by atoms with E-state index in [1.54, 1.807) is 6.92 Å². The lowest BCUT2D eigenvalue weighted by atomic mass is 10.1. The molecule has 0 atom stereocenters. The van der Waals surface area contributed by atoms with Crippen LogP contribution in [-0.2, 0) is 4.79 Å². The summed E-state index contributed by atoms with van der Waals surface area (Å²) in [5.41, 5.74) is 0.248. The zero-order valence-electron chi connectivity index (χ0n) is 7.36. The molecule has 2 rings (SSSR count). The molecule has 1 aromatic carbocycles. The van der Waals surface area contributed by atoms with E-state index in [2.05, 4.69) is 5.32 Å². The van der Waals surface area contributed by atoms with Crippen molar-refractivity contribution in [2.45, 2.75) is 6.92 Å². The summed E-state index contributed by atoms with van der Waals surface area (Å²) < 4.78 is 31.1. The Morgan fingerprint density at radius 3 is 2.93 bits per heavy atom. The van der Waals surface area contributed by atoms with Crippen LogP contribution < -0.4 is 10.1 Å². The van der Waals surface area contributed by atoms with Crippen molar-refractivity contribution in [2.75, 3.05) is 11.9 Å². The topological polar surface area (TPSA) is 38.3 Å². The van der Waals surface area contributed by atoms with E-state index in [9.17, 15) is 13.6 Å². The highest BCUT2D eigenvalue weighted by molar-refractivity contribution is 5.95. The van der Waals surface area contributed by atoms with Gasteiger partial charge in [-0.05, 0) is 18.6 Å². The number of hydrogen-bond acceptors (Lipinski definition) is 2. The van der Waals surface area contributed by atoms with Crippen LogP contribution in [0.2, 0.25) is 0 Å². The minimum atomic E-state index is -1.08. The number of nitrogens with one attached hydrogen (secondary N) is 1. The minimum Gasteiger partial charge on any atom is -0.481 e. The molecule has 0 aromatic heterocycles. The fraction of sp³-hybridized carbons (Fsp3) is 0.222. The van der Waals surface area contributed by atoms with Crippen LogP contribution in [0.25, 0.3) is 0 Å². The van der Waals surface area contributed by atoms with Gasteiger partial charge in [0.2, 0.25) is 0 Å². The van der Waals surface area contributed by atoms with Gasteiger partial charge >= 0.3 is 0 Å². The Hall–Kier alpha value is -1.65. The lowest BCUT2D eigenvalue weighted by Gasteiger charge is -2.20. The number of aryl methyl sites for hydroxylation is 1. The van der Waals surface area contributed by atoms with Gasteiger partial charge in [-0.2, -0.15) is 0 Å². The molecule has 0 fully saturated rings. The van der Waals surface area contributed by atoms with Crippen LogP contribution in [0.15, 0.2) is 6.07 Å². The van der Waals surface area contributed by atoms with Gasteiger partial charge in [0, 0.05) is 0 Å². The highest BCUT2D eigenvalue weighted by Crippen LogP contribution is 2.35. The third-order valence-corrected chi connectivity index (χ3v) is 1.97. The van der Waals surface area contributed by atoms with Crippen molar-refractivity contribution >= 4 is 11.6 Å². The Morgan fingerprint density at radius 2 is 2.21 bits per heavy atom. The maximum atomic E-state index is 13.2. The second-order valence-corrected chi connectivity index (χ2v) is 3.03. The van der Waals surface area contributed by atoms with Crippen LogP contribution in [0.5, 0.6) is 5.75 Å². The van der Waals surface area contributed by atoms with Crippen LogP contribution in [0, 0.1) is 18.6 Å². The average Bonchev–Trinajstić information content (AvgIpc) is 2.14. The molecule has 1 N–H and O–H groups in total. The molecule has 1 aromatic rings. The number of carbonyl (C=O) groups is 1. The fourth-order valence-electron chi connectivity index (χ4n) is 1.35. The summed E-state index contributed by atoms with van der Waals surface area (Å²) in [6.07, 6.45) is 0.